The van der Waals surface area contributed by atoms with E-state index in [9.17, 15) is 4.79 Å². The van der Waals surface area contributed by atoms with Crippen LogP contribution in [0.1, 0.15) is 29.6 Å². The van der Waals surface area contributed by atoms with Crippen LogP contribution in [0.25, 0.3) is 0 Å². The topological polar surface area (TPSA) is 46.3 Å². The first kappa shape index (κ1) is 11.7. The van der Waals surface area contributed by atoms with E-state index < -0.39 is 0 Å². The van der Waals surface area contributed by atoms with Crippen molar-refractivity contribution < 1.29 is 4.79 Å². The van der Waals surface area contributed by atoms with Crippen LogP contribution in [0, 0.1) is 11.8 Å². The average Bonchev–Trinajstić information content (AvgIpc) is 2.77. The van der Waals surface area contributed by atoms with Gasteiger partial charge in [-0.15, -0.1) is 0 Å². The van der Waals surface area contributed by atoms with Gasteiger partial charge in [0.2, 0.25) is 0 Å². The Bertz CT molecular complexity index is 431. The quantitative estimate of drug-likeness (QED) is 0.863. The second kappa shape index (κ2) is 4.73. The summed E-state index contributed by atoms with van der Waals surface area (Å²) in [6.45, 7) is 1.67. The van der Waals surface area contributed by atoms with Crippen molar-refractivity contribution in [2.24, 2.45) is 17.6 Å². The van der Waals surface area contributed by atoms with Crippen LogP contribution in [0.2, 0.25) is 0 Å². The third-order valence-electron chi connectivity index (χ3n) is 4.57. The van der Waals surface area contributed by atoms with E-state index in [0.29, 0.717) is 17.9 Å². The molecule has 1 aromatic carbocycles. The molecular formula is C15H20N2O. The maximum Gasteiger partial charge on any atom is 0.254 e. The van der Waals surface area contributed by atoms with Crippen molar-refractivity contribution in [1.82, 2.24) is 4.90 Å². The molecule has 3 nitrogen and oxygen atoms in total. The monoisotopic (exact) mass is 244 g/mol. The van der Waals surface area contributed by atoms with E-state index in [4.69, 9.17) is 5.73 Å². The molecule has 1 saturated carbocycles. The summed E-state index contributed by atoms with van der Waals surface area (Å²) in [7, 11) is 0. The summed E-state index contributed by atoms with van der Waals surface area (Å²) in [4.78, 5) is 14.6. The van der Waals surface area contributed by atoms with Gasteiger partial charge in [0.1, 0.15) is 0 Å². The molecule has 1 amide bonds. The third kappa shape index (κ3) is 1.93. The molecule has 0 aromatic heterocycles. The zero-order chi connectivity index (χ0) is 12.5. The number of likely N-dealkylation sites (tertiary alicyclic amines) is 1. The van der Waals surface area contributed by atoms with Gasteiger partial charge in [-0.1, -0.05) is 18.2 Å². The Morgan fingerprint density at radius 2 is 2.06 bits per heavy atom. The normalized spacial score (nSPS) is 30.5. The van der Waals surface area contributed by atoms with E-state index in [0.717, 1.165) is 31.5 Å². The molecule has 1 aliphatic carbocycles. The van der Waals surface area contributed by atoms with Gasteiger partial charge in [-0.25, -0.2) is 0 Å². The van der Waals surface area contributed by atoms with Crippen molar-refractivity contribution in [2.75, 3.05) is 13.1 Å². The highest BCUT2D eigenvalue weighted by molar-refractivity contribution is 5.94. The summed E-state index contributed by atoms with van der Waals surface area (Å²) in [5.74, 6) is 1.44. The number of benzene rings is 1. The highest BCUT2D eigenvalue weighted by Gasteiger charge is 2.42. The summed E-state index contributed by atoms with van der Waals surface area (Å²) < 4.78 is 0. The van der Waals surface area contributed by atoms with Crippen LogP contribution in [-0.4, -0.2) is 29.9 Å². The molecule has 2 N–H and O–H groups in total. The van der Waals surface area contributed by atoms with Gasteiger partial charge in [-0.3, -0.25) is 4.79 Å². The summed E-state index contributed by atoms with van der Waals surface area (Å²) in [6, 6.07) is 10.1. The second-order valence-electron chi connectivity index (χ2n) is 5.55. The fourth-order valence-corrected chi connectivity index (χ4v) is 3.52. The van der Waals surface area contributed by atoms with Crippen LogP contribution in [0.15, 0.2) is 30.3 Å². The van der Waals surface area contributed by atoms with Gasteiger partial charge in [0, 0.05) is 18.2 Å². The average molecular weight is 244 g/mol. The molecule has 96 valence electrons. The molecule has 1 heterocycles. The van der Waals surface area contributed by atoms with E-state index in [1.807, 2.05) is 30.3 Å². The predicted molar refractivity (Wildman–Crippen MR) is 71.2 cm³/mol. The zero-order valence-electron chi connectivity index (χ0n) is 10.6. The largest absolute Gasteiger partial charge is 0.335 e. The van der Waals surface area contributed by atoms with Crippen LogP contribution in [0.5, 0.6) is 0 Å². The summed E-state index contributed by atoms with van der Waals surface area (Å²) in [5.41, 5.74) is 6.63. The zero-order valence-corrected chi connectivity index (χ0v) is 10.6. The van der Waals surface area contributed by atoms with E-state index in [2.05, 4.69) is 4.90 Å². The number of rotatable bonds is 2. The Hall–Kier alpha value is -1.35. The minimum Gasteiger partial charge on any atom is -0.335 e. The molecule has 3 unspecified atom stereocenters. The lowest BCUT2D eigenvalue weighted by Crippen LogP contribution is -2.35. The van der Waals surface area contributed by atoms with E-state index in [1.165, 1.54) is 6.42 Å². The molecule has 1 aromatic rings. The number of nitrogens with two attached hydrogens (primary N) is 1. The third-order valence-corrected chi connectivity index (χ3v) is 4.57. The van der Waals surface area contributed by atoms with Gasteiger partial charge in [0.25, 0.3) is 5.91 Å². The van der Waals surface area contributed by atoms with Gasteiger partial charge in [0.05, 0.1) is 0 Å². The molecular weight excluding hydrogens is 224 g/mol. The molecule has 2 fully saturated rings. The summed E-state index contributed by atoms with van der Waals surface area (Å²) in [6.07, 6.45) is 3.46. The van der Waals surface area contributed by atoms with Gasteiger partial charge >= 0.3 is 0 Å². The number of hydrogen-bond donors (Lipinski definition) is 1. The Morgan fingerprint density at radius 1 is 1.28 bits per heavy atom. The van der Waals surface area contributed by atoms with Gasteiger partial charge < -0.3 is 10.6 Å². The van der Waals surface area contributed by atoms with E-state index >= 15 is 0 Å². The Morgan fingerprint density at radius 3 is 2.78 bits per heavy atom. The van der Waals surface area contributed by atoms with Crippen molar-refractivity contribution in [3.05, 3.63) is 35.9 Å². The van der Waals surface area contributed by atoms with Crippen LogP contribution in [0.3, 0.4) is 0 Å². The van der Waals surface area contributed by atoms with Crippen LogP contribution in [0.4, 0.5) is 0 Å². The summed E-state index contributed by atoms with van der Waals surface area (Å²) in [5, 5.41) is 0. The molecule has 2 bridgehead atoms. The summed E-state index contributed by atoms with van der Waals surface area (Å²) >= 11 is 0. The predicted octanol–water partition coefficient (Wildman–Crippen LogP) is 1.89. The molecule has 2 aliphatic rings. The number of carbonyl (C=O) groups is 1. The molecule has 0 radical (unpaired) electrons. The molecule has 3 rings (SSSR count). The first-order valence-corrected chi connectivity index (χ1v) is 6.85. The van der Waals surface area contributed by atoms with Crippen molar-refractivity contribution in [3.63, 3.8) is 0 Å². The Kier molecular flexibility index (Phi) is 3.08. The standard InChI is InChI=1S/C15H20N2O/c16-9-12-6-7-14-8-13(12)10-17(14)15(18)11-4-2-1-3-5-11/h1-5,12-14H,6-10,16H2. The molecule has 1 saturated heterocycles. The fraction of sp³-hybridized carbons (Fsp3) is 0.533. The number of hydrogen-bond acceptors (Lipinski definition) is 2. The van der Waals surface area contributed by atoms with Gasteiger partial charge in [-0.05, 0) is 49.8 Å². The maximum atomic E-state index is 12.5. The van der Waals surface area contributed by atoms with Crippen molar-refractivity contribution in [1.29, 1.82) is 0 Å². The lowest BCUT2D eigenvalue weighted by Gasteiger charge is -2.27. The Labute approximate surface area is 108 Å². The lowest BCUT2D eigenvalue weighted by atomic mass is 9.80. The lowest BCUT2D eigenvalue weighted by molar-refractivity contribution is 0.0733. The first-order valence-electron chi connectivity index (χ1n) is 6.85. The van der Waals surface area contributed by atoms with Crippen LogP contribution in [-0.2, 0) is 0 Å². The molecule has 0 spiro atoms. The molecule has 18 heavy (non-hydrogen) atoms. The van der Waals surface area contributed by atoms with Crippen LogP contribution >= 0.6 is 0 Å². The fourth-order valence-electron chi connectivity index (χ4n) is 3.52. The maximum absolute atomic E-state index is 12.5. The Balaban J connectivity index is 1.77. The van der Waals surface area contributed by atoms with Crippen molar-refractivity contribution in [3.8, 4) is 0 Å². The highest BCUT2D eigenvalue weighted by atomic mass is 16.2. The number of fused-ring (bicyclic) bond motifs is 2. The molecule has 3 atom stereocenters. The first-order chi connectivity index (χ1) is 8.79. The van der Waals surface area contributed by atoms with Gasteiger partial charge in [0.15, 0.2) is 0 Å². The van der Waals surface area contributed by atoms with E-state index in [-0.39, 0.29) is 5.91 Å². The number of carbonyl (C=O) groups excluding carboxylic acids is 1. The van der Waals surface area contributed by atoms with E-state index in [1.54, 1.807) is 0 Å². The minimum absolute atomic E-state index is 0.195. The van der Waals surface area contributed by atoms with Crippen LogP contribution < -0.4 is 5.73 Å². The van der Waals surface area contributed by atoms with Crippen molar-refractivity contribution in [2.45, 2.75) is 25.3 Å². The molecule has 1 aliphatic heterocycles. The number of amides is 1. The SMILES string of the molecule is NCC1CCC2CC1CN2C(=O)c1ccccc1. The van der Waals surface area contributed by atoms with Gasteiger partial charge in [-0.2, -0.15) is 0 Å². The second-order valence-corrected chi connectivity index (χ2v) is 5.55. The minimum atomic E-state index is 0.195. The number of nitrogens with zero attached hydrogens (tertiary/aromatic N) is 1. The highest BCUT2D eigenvalue weighted by Crippen LogP contribution is 2.39. The molecule has 3 heteroatoms. The van der Waals surface area contributed by atoms with Crippen molar-refractivity contribution >= 4 is 5.91 Å². The smallest absolute Gasteiger partial charge is 0.254 e.